The van der Waals surface area contributed by atoms with Crippen LogP contribution in [-0.2, 0) is 6.42 Å². The van der Waals surface area contributed by atoms with E-state index in [1.165, 1.54) is 0 Å². The number of rotatable bonds is 2. The maximum atomic E-state index is 11.4. The predicted molar refractivity (Wildman–Crippen MR) is 61.3 cm³/mol. The average Bonchev–Trinajstić information content (AvgIpc) is 2.25. The van der Waals surface area contributed by atoms with Crippen molar-refractivity contribution in [1.29, 1.82) is 0 Å². The van der Waals surface area contributed by atoms with Crippen LogP contribution < -0.4 is 5.56 Å². The van der Waals surface area contributed by atoms with Gasteiger partial charge in [-0.15, -0.1) is 0 Å². The van der Waals surface area contributed by atoms with Gasteiger partial charge in [0.2, 0.25) is 0 Å². The fourth-order valence-corrected chi connectivity index (χ4v) is 1.54. The van der Waals surface area contributed by atoms with E-state index < -0.39 is 0 Å². The molecule has 0 radical (unpaired) electrons. The van der Waals surface area contributed by atoms with E-state index in [2.05, 4.69) is 4.98 Å². The average molecular weight is 220 g/mol. The summed E-state index contributed by atoms with van der Waals surface area (Å²) in [6, 6.07) is 11.2. The molecule has 0 saturated carbocycles. The van der Waals surface area contributed by atoms with Crippen LogP contribution in [0.1, 0.15) is 11.1 Å². The van der Waals surface area contributed by atoms with Gasteiger partial charge in [-0.3, -0.25) is 4.79 Å². The highest BCUT2D eigenvalue weighted by Crippen LogP contribution is 2.11. The Morgan fingerprint density at radius 2 is 1.87 bits per heavy atom. The zero-order valence-electron chi connectivity index (χ0n) is 8.03. The molecule has 0 fully saturated rings. The van der Waals surface area contributed by atoms with Gasteiger partial charge in [-0.05, 0) is 23.8 Å². The first kappa shape index (κ1) is 9.99. The van der Waals surface area contributed by atoms with E-state index in [0.717, 1.165) is 11.1 Å². The molecule has 0 unspecified atom stereocenters. The summed E-state index contributed by atoms with van der Waals surface area (Å²) in [5.74, 6) is 0. The first-order chi connectivity index (χ1) is 7.25. The Morgan fingerprint density at radius 3 is 2.53 bits per heavy atom. The van der Waals surface area contributed by atoms with Crippen LogP contribution >= 0.6 is 11.6 Å². The van der Waals surface area contributed by atoms with Gasteiger partial charge in [-0.1, -0.05) is 29.8 Å². The number of pyridine rings is 1. The number of hydrogen-bond donors (Lipinski definition) is 1. The molecule has 76 valence electrons. The van der Waals surface area contributed by atoms with Gasteiger partial charge < -0.3 is 4.98 Å². The standard InChI is InChI=1S/C12H10ClNO/c13-11-5-3-9(4-6-11)8-10-2-1-7-14-12(10)15/h1-7H,8H2,(H,14,15). The molecule has 0 aliphatic carbocycles. The molecule has 3 heteroatoms. The molecule has 1 heterocycles. The largest absolute Gasteiger partial charge is 0.329 e. The lowest BCUT2D eigenvalue weighted by Crippen LogP contribution is -2.11. The highest BCUT2D eigenvalue weighted by molar-refractivity contribution is 6.30. The third-order valence-electron chi connectivity index (χ3n) is 2.21. The van der Waals surface area contributed by atoms with Crippen molar-refractivity contribution >= 4 is 11.6 Å². The molecule has 0 saturated heterocycles. The first-order valence-corrected chi connectivity index (χ1v) is 5.04. The van der Waals surface area contributed by atoms with Crippen molar-refractivity contribution in [3.8, 4) is 0 Å². The van der Waals surface area contributed by atoms with Crippen LogP contribution in [0, 0.1) is 0 Å². The number of benzene rings is 1. The van der Waals surface area contributed by atoms with E-state index in [-0.39, 0.29) is 5.56 Å². The van der Waals surface area contributed by atoms with E-state index in [9.17, 15) is 4.79 Å². The van der Waals surface area contributed by atoms with Gasteiger partial charge in [-0.25, -0.2) is 0 Å². The number of halogens is 1. The molecular weight excluding hydrogens is 210 g/mol. The Kier molecular flexibility index (Phi) is 2.88. The lowest BCUT2D eigenvalue weighted by atomic mass is 10.1. The van der Waals surface area contributed by atoms with Crippen LogP contribution in [0.25, 0.3) is 0 Å². The van der Waals surface area contributed by atoms with Crippen molar-refractivity contribution in [3.63, 3.8) is 0 Å². The molecule has 0 aliphatic heterocycles. The van der Waals surface area contributed by atoms with Gasteiger partial charge >= 0.3 is 0 Å². The van der Waals surface area contributed by atoms with E-state index in [1.807, 2.05) is 36.4 Å². The smallest absolute Gasteiger partial charge is 0.251 e. The summed E-state index contributed by atoms with van der Waals surface area (Å²) < 4.78 is 0. The van der Waals surface area contributed by atoms with Crippen LogP contribution in [0.4, 0.5) is 0 Å². The van der Waals surface area contributed by atoms with Crippen LogP contribution in [0.5, 0.6) is 0 Å². The molecule has 2 aromatic rings. The summed E-state index contributed by atoms with van der Waals surface area (Å²) >= 11 is 5.78. The molecular formula is C12H10ClNO. The molecule has 2 rings (SSSR count). The van der Waals surface area contributed by atoms with Crippen LogP contribution in [0.2, 0.25) is 5.02 Å². The zero-order valence-corrected chi connectivity index (χ0v) is 8.79. The first-order valence-electron chi connectivity index (χ1n) is 4.67. The fourth-order valence-electron chi connectivity index (χ4n) is 1.42. The fraction of sp³-hybridized carbons (Fsp3) is 0.0833. The van der Waals surface area contributed by atoms with Gasteiger partial charge in [0.1, 0.15) is 0 Å². The second kappa shape index (κ2) is 4.32. The van der Waals surface area contributed by atoms with E-state index in [4.69, 9.17) is 11.6 Å². The Morgan fingerprint density at radius 1 is 1.13 bits per heavy atom. The summed E-state index contributed by atoms with van der Waals surface area (Å²) in [5.41, 5.74) is 1.81. The second-order valence-corrected chi connectivity index (χ2v) is 3.76. The number of aromatic nitrogens is 1. The zero-order chi connectivity index (χ0) is 10.7. The molecule has 0 aliphatic rings. The normalized spacial score (nSPS) is 10.2. The van der Waals surface area contributed by atoms with Crippen LogP contribution in [0.3, 0.4) is 0 Å². The minimum Gasteiger partial charge on any atom is -0.329 e. The molecule has 0 amide bonds. The van der Waals surface area contributed by atoms with E-state index >= 15 is 0 Å². The van der Waals surface area contributed by atoms with Gasteiger partial charge in [-0.2, -0.15) is 0 Å². The van der Waals surface area contributed by atoms with E-state index in [0.29, 0.717) is 11.4 Å². The Hall–Kier alpha value is -1.54. The van der Waals surface area contributed by atoms with Crippen molar-refractivity contribution in [3.05, 3.63) is 69.1 Å². The number of hydrogen-bond acceptors (Lipinski definition) is 1. The number of H-pyrrole nitrogens is 1. The molecule has 1 aromatic heterocycles. The van der Waals surface area contributed by atoms with Crippen molar-refractivity contribution in [2.45, 2.75) is 6.42 Å². The highest BCUT2D eigenvalue weighted by atomic mass is 35.5. The number of nitrogens with one attached hydrogen (secondary N) is 1. The van der Waals surface area contributed by atoms with Crippen LogP contribution in [-0.4, -0.2) is 4.98 Å². The molecule has 1 aromatic carbocycles. The minimum absolute atomic E-state index is 0.0348. The Labute approximate surface area is 92.5 Å². The summed E-state index contributed by atoms with van der Waals surface area (Å²) in [6.45, 7) is 0. The summed E-state index contributed by atoms with van der Waals surface area (Å²) in [4.78, 5) is 14.1. The predicted octanol–water partition coefficient (Wildman–Crippen LogP) is 2.62. The Balaban J connectivity index is 2.26. The summed E-state index contributed by atoms with van der Waals surface area (Å²) in [6.07, 6.45) is 2.26. The molecule has 1 N–H and O–H groups in total. The molecule has 2 nitrogen and oxygen atoms in total. The van der Waals surface area contributed by atoms with Gasteiger partial charge in [0, 0.05) is 23.2 Å². The molecule has 0 atom stereocenters. The van der Waals surface area contributed by atoms with Crippen molar-refractivity contribution in [2.24, 2.45) is 0 Å². The lowest BCUT2D eigenvalue weighted by molar-refractivity contribution is 1.09. The second-order valence-electron chi connectivity index (χ2n) is 3.33. The van der Waals surface area contributed by atoms with Gasteiger partial charge in [0.15, 0.2) is 0 Å². The molecule has 0 spiro atoms. The molecule has 0 bridgehead atoms. The lowest BCUT2D eigenvalue weighted by Gasteiger charge is -2.00. The van der Waals surface area contributed by atoms with E-state index in [1.54, 1.807) is 6.20 Å². The monoisotopic (exact) mass is 219 g/mol. The topological polar surface area (TPSA) is 32.9 Å². The Bertz CT molecular complexity index is 502. The van der Waals surface area contributed by atoms with Gasteiger partial charge in [0.25, 0.3) is 5.56 Å². The SMILES string of the molecule is O=c1[nH]cccc1Cc1ccc(Cl)cc1. The van der Waals surface area contributed by atoms with Crippen LogP contribution in [0.15, 0.2) is 47.4 Å². The summed E-state index contributed by atoms with van der Waals surface area (Å²) in [5, 5.41) is 0.709. The maximum Gasteiger partial charge on any atom is 0.251 e. The highest BCUT2D eigenvalue weighted by Gasteiger charge is 1.99. The maximum absolute atomic E-state index is 11.4. The third kappa shape index (κ3) is 2.48. The quantitative estimate of drug-likeness (QED) is 0.828. The van der Waals surface area contributed by atoms with Gasteiger partial charge in [0.05, 0.1) is 0 Å². The molecule has 15 heavy (non-hydrogen) atoms. The minimum atomic E-state index is -0.0348. The number of aromatic amines is 1. The van der Waals surface area contributed by atoms with Crippen molar-refractivity contribution in [1.82, 2.24) is 4.98 Å². The summed E-state index contributed by atoms with van der Waals surface area (Å²) in [7, 11) is 0. The third-order valence-corrected chi connectivity index (χ3v) is 2.46. The van der Waals surface area contributed by atoms with Crippen molar-refractivity contribution < 1.29 is 0 Å². The van der Waals surface area contributed by atoms with Crippen molar-refractivity contribution in [2.75, 3.05) is 0 Å².